The number of aliphatic hydroxyl groups is 2. The van der Waals surface area contributed by atoms with Crippen molar-refractivity contribution in [1.82, 2.24) is 4.90 Å². The molecule has 0 aromatic rings. The predicted molar refractivity (Wildman–Crippen MR) is 53.0 cm³/mol. The van der Waals surface area contributed by atoms with Crippen LogP contribution >= 0.6 is 11.6 Å². The molecule has 3 atom stereocenters. The number of hydrogen-bond acceptors (Lipinski definition) is 3. The number of halogens is 1. The van der Waals surface area contributed by atoms with E-state index in [1.165, 1.54) is 0 Å². The second-order valence-corrected chi connectivity index (χ2v) is 4.21. The smallest absolute Gasteiger partial charge is 0.0802 e. The molecule has 1 saturated heterocycles. The lowest BCUT2D eigenvalue weighted by molar-refractivity contribution is 0.0124. The van der Waals surface area contributed by atoms with Crippen molar-refractivity contribution in [3.8, 4) is 0 Å². The Morgan fingerprint density at radius 2 is 2.31 bits per heavy atom. The molecule has 2 N–H and O–H groups in total. The third-order valence-corrected chi connectivity index (χ3v) is 3.01. The minimum atomic E-state index is -0.470. The zero-order valence-electron chi connectivity index (χ0n) is 7.99. The first-order valence-electron chi connectivity index (χ1n) is 4.78. The molecule has 1 aliphatic heterocycles. The summed E-state index contributed by atoms with van der Waals surface area (Å²) in [5.74, 6) is 0.645. The van der Waals surface area contributed by atoms with Gasteiger partial charge in [-0.25, -0.2) is 0 Å². The lowest BCUT2D eigenvalue weighted by atomic mass is 9.96. The van der Waals surface area contributed by atoms with Crippen LogP contribution in [0.2, 0.25) is 0 Å². The van der Waals surface area contributed by atoms with Crippen LogP contribution in [-0.4, -0.2) is 52.8 Å². The van der Waals surface area contributed by atoms with E-state index >= 15 is 0 Å². The van der Waals surface area contributed by atoms with Crippen molar-refractivity contribution in [2.45, 2.75) is 25.6 Å². The number of likely N-dealkylation sites (tertiary alicyclic amines) is 1. The highest BCUT2D eigenvalue weighted by Gasteiger charge is 2.24. The van der Waals surface area contributed by atoms with Crippen molar-refractivity contribution < 1.29 is 10.2 Å². The molecule has 0 aromatic heterocycles. The zero-order chi connectivity index (χ0) is 9.84. The lowest BCUT2D eigenvalue weighted by Gasteiger charge is -2.34. The Kier molecular flexibility index (Phi) is 4.46. The third kappa shape index (κ3) is 3.43. The van der Waals surface area contributed by atoms with E-state index in [4.69, 9.17) is 11.6 Å². The Labute approximate surface area is 84.3 Å². The first-order chi connectivity index (χ1) is 6.13. The molecular formula is C9H18ClNO2. The van der Waals surface area contributed by atoms with Crippen LogP contribution in [0.15, 0.2) is 0 Å². The summed E-state index contributed by atoms with van der Waals surface area (Å²) in [5.41, 5.74) is 0. The summed E-state index contributed by atoms with van der Waals surface area (Å²) < 4.78 is 0. The van der Waals surface area contributed by atoms with Gasteiger partial charge < -0.3 is 10.2 Å². The average Bonchev–Trinajstić information content (AvgIpc) is 2.11. The SMILES string of the molecule is CC1CCN(CC(O)CCl)CC1O. The molecule has 1 rings (SSSR count). The number of aliphatic hydroxyl groups excluding tert-OH is 2. The van der Waals surface area contributed by atoms with Crippen molar-refractivity contribution >= 4 is 11.6 Å². The highest BCUT2D eigenvalue weighted by molar-refractivity contribution is 6.18. The fourth-order valence-corrected chi connectivity index (χ4v) is 1.72. The second kappa shape index (κ2) is 5.15. The van der Waals surface area contributed by atoms with Crippen LogP contribution in [-0.2, 0) is 0 Å². The molecule has 0 bridgehead atoms. The Bertz CT molecular complexity index is 155. The number of piperidine rings is 1. The van der Waals surface area contributed by atoms with E-state index in [1.54, 1.807) is 0 Å². The number of nitrogens with zero attached hydrogens (tertiary/aromatic N) is 1. The summed E-state index contributed by atoms with van der Waals surface area (Å²) in [7, 11) is 0. The maximum absolute atomic E-state index is 9.58. The fraction of sp³-hybridized carbons (Fsp3) is 1.00. The molecule has 0 aliphatic carbocycles. The molecule has 0 radical (unpaired) electrons. The summed E-state index contributed by atoms with van der Waals surface area (Å²) in [4.78, 5) is 2.07. The molecule has 0 aromatic carbocycles. The van der Waals surface area contributed by atoms with Gasteiger partial charge in [-0.05, 0) is 18.9 Å². The van der Waals surface area contributed by atoms with E-state index < -0.39 is 6.10 Å². The van der Waals surface area contributed by atoms with Gasteiger partial charge in [0.2, 0.25) is 0 Å². The maximum atomic E-state index is 9.58. The molecule has 0 amide bonds. The molecule has 0 saturated carbocycles. The molecule has 3 nitrogen and oxygen atoms in total. The summed E-state index contributed by atoms with van der Waals surface area (Å²) in [5, 5.41) is 18.9. The van der Waals surface area contributed by atoms with Gasteiger partial charge in [-0.3, -0.25) is 4.90 Å². The predicted octanol–water partition coefficient (Wildman–Crippen LogP) is 0.289. The van der Waals surface area contributed by atoms with E-state index in [-0.39, 0.29) is 12.0 Å². The van der Waals surface area contributed by atoms with Crippen LogP contribution in [0.3, 0.4) is 0 Å². The standard InChI is InChI=1S/C9H18ClNO2/c1-7-2-3-11(6-9(7)13)5-8(12)4-10/h7-9,12-13H,2-6H2,1H3. The summed E-state index contributed by atoms with van der Waals surface area (Å²) in [6.07, 6.45) is 0.273. The molecule has 1 aliphatic rings. The van der Waals surface area contributed by atoms with Crippen molar-refractivity contribution in [3.05, 3.63) is 0 Å². The van der Waals surface area contributed by atoms with Crippen molar-refractivity contribution in [3.63, 3.8) is 0 Å². The van der Waals surface area contributed by atoms with E-state index in [0.29, 0.717) is 19.0 Å². The largest absolute Gasteiger partial charge is 0.392 e. The Balaban J connectivity index is 2.29. The Morgan fingerprint density at radius 3 is 2.85 bits per heavy atom. The van der Waals surface area contributed by atoms with E-state index in [2.05, 4.69) is 11.8 Å². The van der Waals surface area contributed by atoms with Crippen molar-refractivity contribution in [2.75, 3.05) is 25.5 Å². The zero-order valence-corrected chi connectivity index (χ0v) is 8.74. The number of β-amino-alcohol motifs (C(OH)–C–C–N with tert-alkyl or cyclic N) is 2. The Morgan fingerprint density at radius 1 is 1.62 bits per heavy atom. The van der Waals surface area contributed by atoms with Gasteiger partial charge in [-0.15, -0.1) is 11.6 Å². The minimum Gasteiger partial charge on any atom is -0.392 e. The number of alkyl halides is 1. The molecule has 4 heteroatoms. The van der Waals surface area contributed by atoms with Crippen LogP contribution in [0.1, 0.15) is 13.3 Å². The van der Waals surface area contributed by atoms with Crippen molar-refractivity contribution in [1.29, 1.82) is 0 Å². The van der Waals surface area contributed by atoms with E-state index in [9.17, 15) is 10.2 Å². The van der Waals surface area contributed by atoms with Gasteiger partial charge in [0, 0.05) is 19.0 Å². The number of hydrogen-bond donors (Lipinski definition) is 2. The van der Waals surface area contributed by atoms with Gasteiger partial charge in [0.05, 0.1) is 12.2 Å². The van der Waals surface area contributed by atoms with Gasteiger partial charge in [-0.1, -0.05) is 6.92 Å². The van der Waals surface area contributed by atoms with Gasteiger partial charge in [0.15, 0.2) is 0 Å². The first-order valence-corrected chi connectivity index (χ1v) is 5.31. The molecular weight excluding hydrogens is 190 g/mol. The minimum absolute atomic E-state index is 0.253. The maximum Gasteiger partial charge on any atom is 0.0802 e. The normalized spacial score (nSPS) is 33.2. The first kappa shape index (κ1) is 11.2. The van der Waals surface area contributed by atoms with E-state index in [1.807, 2.05) is 0 Å². The van der Waals surface area contributed by atoms with Crippen LogP contribution in [0.5, 0.6) is 0 Å². The monoisotopic (exact) mass is 207 g/mol. The van der Waals surface area contributed by atoms with Crippen LogP contribution in [0.25, 0.3) is 0 Å². The van der Waals surface area contributed by atoms with Gasteiger partial charge in [0.1, 0.15) is 0 Å². The summed E-state index contributed by atoms with van der Waals surface area (Å²) >= 11 is 5.50. The third-order valence-electron chi connectivity index (χ3n) is 2.65. The Hall–Kier alpha value is 0.170. The fourth-order valence-electron chi connectivity index (χ4n) is 1.63. The molecule has 3 unspecified atom stereocenters. The van der Waals surface area contributed by atoms with Crippen LogP contribution in [0.4, 0.5) is 0 Å². The summed E-state index contributed by atoms with van der Waals surface area (Å²) in [6.45, 7) is 4.24. The van der Waals surface area contributed by atoms with Crippen LogP contribution < -0.4 is 0 Å². The number of rotatable bonds is 3. The molecule has 1 fully saturated rings. The average molecular weight is 208 g/mol. The molecule has 78 valence electrons. The topological polar surface area (TPSA) is 43.7 Å². The summed E-state index contributed by atoms with van der Waals surface area (Å²) in [6, 6.07) is 0. The highest BCUT2D eigenvalue weighted by atomic mass is 35.5. The van der Waals surface area contributed by atoms with Gasteiger partial charge >= 0.3 is 0 Å². The second-order valence-electron chi connectivity index (χ2n) is 3.90. The van der Waals surface area contributed by atoms with E-state index in [0.717, 1.165) is 13.0 Å². The van der Waals surface area contributed by atoms with Gasteiger partial charge in [0.25, 0.3) is 0 Å². The lowest BCUT2D eigenvalue weighted by Crippen LogP contribution is -2.46. The van der Waals surface area contributed by atoms with Crippen LogP contribution in [0, 0.1) is 5.92 Å². The van der Waals surface area contributed by atoms with Gasteiger partial charge in [-0.2, -0.15) is 0 Å². The molecule has 0 spiro atoms. The van der Waals surface area contributed by atoms with Crippen molar-refractivity contribution in [2.24, 2.45) is 5.92 Å². The quantitative estimate of drug-likeness (QED) is 0.654. The molecule has 13 heavy (non-hydrogen) atoms. The highest BCUT2D eigenvalue weighted by Crippen LogP contribution is 2.16. The molecule has 1 heterocycles.